The Hall–Kier alpha value is -3.40. The van der Waals surface area contributed by atoms with Crippen molar-refractivity contribution in [2.45, 2.75) is 24.4 Å². The summed E-state index contributed by atoms with van der Waals surface area (Å²) in [4.78, 5) is 21.1. The van der Waals surface area contributed by atoms with Gasteiger partial charge >= 0.3 is 12.2 Å². The first-order chi connectivity index (χ1) is 16.9. The molecule has 2 aliphatic heterocycles. The summed E-state index contributed by atoms with van der Waals surface area (Å²) in [5.41, 5.74) is 2.64. The fraction of sp³-hybridized carbons (Fsp3) is 0.400. The van der Waals surface area contributed by atoms with Crippen LogP contribution >= 0.6 is 0 Å². The molecule has 0 radical (unpaired) electrons. The Morgan fingerprint density at radius 1 is 1.03 bits per heavy atom. The van der Waals surface area contributed by atoms with Crippen LogP contribution in [0.4, 0.5) is 18.0 Å². The van der Waals surface area contributed by atoms with Gasteiger partial charge in [-0.1, -0.05) is 12.1 Å². The summed E-state index contributed by atoms with van der Waals surface area (Å²) >= 11 is 0. The van der Waals surface area contributed by atoms with Crippen molar-refractivity contribution in [2.75, 3.05) is 39.4 Å². The predicted molar refractivity (Wildman–Crippen MR) is 123 cm³/mol. The van der Waals surface area contributed by atoms with Crippen molar-refractivity contribution in [3.05, 3.63) is 71.7 Å². The van der Waals surface area contributed by atoms with Gasteiger partial charge < -0.3 is 14.5 Å². The number of piperidine rings is 1. The monoisotopic (exact) mass is 485 g/mol. The molecule has 0 saturated carbocycles. The molecule has 2 aliphatic rings. The van der Waals surface area contributed by atoms with E-state index in [1.807, 2.05) is 23.1 Å². The summed E-state index contributed by atoms with van der Waals surface area (Å²) in [5.74, 6) is -0.148. The number of hydrogen-bond donors (Lipinski definition) is 1. The van der Waals surface area contributed by atoms with Crippen LogP contribution < -0.4 is 0 Å². The zero-order valence-electron chi connectivity index (χ0n) is 19.0. The topological polar surface area (TPSA) is 74.3 Å². The molecule has 3 aromatic rings. The fourth-order valence-electron chi connectivity index (χ4n) is 4.83. The lowest BCUT2D eigenvalue weighted by Gasteiger charge is -2.41. The number of nitrogens with one attached hydrogen (secondary N) is 1. The number of aromatic nitrogens is 3. The van der Waals surface area contributed by atoms with Crippen molar-refractivity contribution >= 4 is 6.03 Å². The van der Waals surface area contributed by atoms with Gasteiger partial charge in [0.2, 0.25) is 0 Å². The molecule has 2 fully saturated rings. The average Bonchev–Trinajstić information content (AvgIpc) is 3.39. The number of halogens is 3. The minimum Gasteiger partial charge on any atom is -0.378 e. The molecule has 0 aliphatic carbocycles. The third-order valence-electron chi connectivity index (χ3n) is 6.71. The Bertz CT molecular complexity index is 1140. The number of nitrogens with zero attached hydrogens (tertiary/aromatic N) is 4. The number of aromatic amines is 1. The maximum absolute atomic E-state index is 13.3. The van der Waals surface area contributed by atoms with E-state index in [-0.39, 0.29) is 17.9 Å². The number of hydrogen-bond acceptors (Lipinski definition) is 4. The molecule has 2 unspecified atom stereocenters. The highest BCUT2D eigenvalue weighted by molar-refractivity contribution is 5.75. The van der Waals surface area contributed by atoms with Crippen molar-refractivity contribution in [2.24, 2.45) is 0 Å². The molecule has 2 amide bonds. The van der Waals surface area contributed by atoms with E-state index < -0.39 is 11.7 Å². The van der Waals surface area contributed by atoms with Gasteiger partial charge in [0.1, 0.15) is 0 Å². The lowest BCUT2D eigenvalue weighted by molar-refractivity contribution is -0.137. The van der Waals surface area contributed by atoms with Gasteiger partial charge in [0.25, 0.3) is 0 Å². The van der Waals surface area contributed by atoms with Gasteiger partial charge in [-0.3, -0.25) is 10.1 Å². The standard InChI is InChI=1S/C25H26F3N5O2/c26-25(27,28)21-5-3-17(4-6-21)19-12-20(16-33(15-19)24(34)32-8-10-35-11-9-32)23-13-22(30-31-23)18-2-1-7-29-14-18/h1-7,13-14,19-20H,8-12,15-16H2,(H,30,31). The Labute approximate surface area is 200 Å². The molecule has 1 N–H and O–H groups in total. The number of amides is 2. The average molecular weight is 486 g/mol. The quantitative estimate of drug-likeness (QED) is 0.592. The van der Waals surface area contributed by atoms with Gasteiger partial charge in [0.15, 0.2) is 0 Å². The molecule has 2 aromatic heterocycles. The largest absolute Gasteiger partial charge is 0.416 e. The molecule has 4 heterocycles. The number of rotatable bonds is 3. The van der Waals surface area contributed by atoms with Gasteiger partial charge in [-0.25, -0.2) is 4.79 Å². The zero-order valence-corrected chi connectivity index (χ0v) is 19.0. The van der Waals surface area contributed by atoms with E-state index in [1.54, 1.807) is 17.3 Å². The summed E-state index contributed by atoms with van der Waals surface area (Å²) < 4.78 is 44.6. The van der Waals surface area contributed by atoms with Crippen molar-refractivity contribution in [1.29, 1.82) is 0 Å². The third-order valence-corrected chi connectivity index (χ3v) is 6.71. The van der Waals surface area contributed by atoms with Crippen LogP contribution in [0.3, 0.4) is 0 Å². The molecule has 0 spiro atoms. The van der Waals surface area contributed by atoms with Crippen LogP contribution in [0.25, 0.3) is 11.3 Å². The summed E-state index contributed by atoms with van der Waals surface area (Å²) in [6.07, 6.45) is -0.264. The first kappa shape index (κ1) is 23.3. The number of morpholine rings is 1. The smallest absolute Gasteiger partial charge is 0.378 e. The molecule has 7 nitrogen and oxygen atoms in total. The number of pyridine rings is 1. The van der Waals surface area contributed by atoms with E-state index in [0.717, 1.165) is 34.6 Å². The zero-order chi connectivity index (χ0) is 24.4. The Balaban J connectivity index is 1.41. The van der Waals surface area contributed by atoms with Crippen molar-refractivity contribution in [1.82, 2.24) is 25.0 Å². The fourth-order valence-corrected chi connectivity index (χ4v) is 4.83. The summed E-state index contributed by atoms with van der Waals surface area (Å²) in [6.45, 7) is 3.00. The Kier molecular flexibility index (Phi) is 6.46. The van der Waals surface area contributed by atoms with Crippen LogP contribution in [0.1, 0.15) is 35.1 Å². The number of urea groups is 1. The molecule has 10 heteroatoms. The lowest BCUT2D eigenvalue weighted by Crippen LogP contribution is -2.52. The molecule has 5 rings (SSSR count). The first-order valence-corrected chi connectivity index (χ1v) is 11.6. The van der Waals surface area contributed by atoms with Crippen LogP contribution in [0.15, 0.2) is 54.9 Å². The lowest BCUT2D eigenvalue weighted by atomic mass is 9.82. The van der Waals surface area contributed by atoms with Crippen LogP contribution in [-0.4, -0.2) is 70.4 Å². The molecule has 0 bridgehead atoms. The summed E-state index contributed by atoms with van der Waals surface area (Å²) in [7, 11) is 0. The Morgan fingerprint density at radius 2 is 1.77 bits per heavy atom. The molecule has 184 valence electrons. The first-order valence-electron chi connectivity index (χ1n) is 11.6. The van der Waals surface area contributed by atoms with Gasteiger partial charge in [0, 0.05) is 61.7 Å². The highest BCUT2D eigenvalue weighted by Crippen LogP contribution is 2.38. The highest BCUT2D eigenvalue weighted by Gasteiger charge is 2.36. The molecular formula is C25H26F3N5O2. The third kappa shape index (κ3) is 5.17. The van der Waals surface area contributed by atoms with Crippen LogP contribution in [-0.2, 0) is 10.9 Å². The molecular weight excluding hydrogens is 459 g/mol. The van der Waals surface area contributed by atoms with Gasteiger partial charge in [0.05, 0.1) is 24.5 Å². The summed E-state index contributed by atoms with van der Waals surface area (Å²) in [6, 6.07) is 11.0. The van der Waals surface area contributed by atoms with Gasteiger partial charge in [-0.15, -0.1) is 0 Å². The van der Waals surface area contributed by atoms with E-state index in [4.69, 9.17) is 4.74 Å². The second kappa shape index (κ2) is 9.69. The van der Waals surface area contributed by atoms with E-state index in [0.29, 0.717) is 45.8 Å². The van der Waals surface area contributed by atoms with E-state index in [2.05, 4.69) is 15.2 Å². The summed E-state index contributed by atoms with van der Waals surface area (Å²) in [5, 5.41) is 7.55. The minimum absolute atomic E-state index is 0.0426. The maximum atomic E-state index is 13.3. The van der Waals surface area contributed by atoms with Crippen LogP contribution in [0.5, 0.6) is 0 Å². The van der Waals surface area contributed by atoms with Crippen molar-refractivity contribution in [3.8, 4) is 11.3 Å². The van der Waals surface area contributed by atoms with Gasteiger partial charge in [-0.2, -0.15) is 18.3 Å². The highest BCUT2D eigenvalue weighted by atomic mass is 19.4. The number of alkyl halides is 3. The normalized spacial score (nSPS) is 21.2. The maximum Gasteiger partial charge on any atom is 0.416 e. The van der Waals surface area contributed by atoms with Crippen molar-refractivity contribution in [3.63, 3.8) is 0 Å². The second-order valence-electron chi connectivity index (χ2n) is 8.99. The molecule has 2 atom stereocenters. The number of carbonyl (C=O) groups is 1. The molecule has 2 saturated heterocycles. The number of benzene rings is 1. The minimum atomic E-state index is -4.38. The van der Waals surface area contributed by atoms with Crippen molar-refractivity contribution < 1.29 is 22.7 Å². The van der Waals surface area contributed by atoms with E-state index in [1.165, 1.54) is 12.1 Å². The number of carbonyl (C=O) groups excluding carboxylic acids is 1. The van der Waals surface area contributed by atoms with E-state index in [9.17, 15) is 18.0 Å². The molecule has 35 heavy (non-hydrogen) atoms. The SMILES string of the molecule is O=C(N1CCOCC1)N1CC(c2ccc(C(F)(F)F)cc2)CC(c2cc(-c3cccnc3)n[nH]2)C1. The second-order valence-corrected chi connectivity index (χ2v) is 8.99. The van der Waals surface area contributed by atoms with Crippen LogP contribution in [0.2, 0.25) is 0 Å². The molecule has 1 aromatic carbocycles. The van der Waals surface area contributed by atoms with E-state index >= 15 is 0 Å². The van der Waals surface area contributed by atoms with Gasteiger partial charge in [-0.05, 0) is 42.3 Å². The number of ether oxygens (including phenoxy) is 1. The number of likely N-dealkylation sites (tertiary alicyclic amines) is 1. The number of H-pyrrole nitrogens is 1. The van der Waals surface area contributed by atoms with Crippen LogP contribution in [0, 0.1) is 0 Å². The Morgan fingerprint density at radius 3 is 2.46 bits per heavy atom. The predicted octanol–water partition coefficient (Wildman–Crippen LogP) is 4.52.